The number of pyridine rings is 1. The van der Waals surface area contributed by atoms with E-state index in [0.29, 0.717) is 12.2 Å². The molecular formula is C22H17N3O2. The van der Waals surface area contributed by atoms with Gasteiger partial charge in [-0.25, -0.2) is 4.68 Å². The average molecular weight is 355 g/mol. The first kappa shape index (κ1) is 16.7. The predicted octanol–water partition coefficient (Wildman–Crippen LogP) is 4.44. The van der Waals surface area contributed by atoms with Crippen LogP contribution in [-0.4, -0.2) is 21.2 Å². The zero-order valence-corrected chi connectivity index (χ0v) is 14.7. The molecule has 0 spiro atoms. The van der Waals surface area contributed by atoms with E-state index in [1.165, 1.54) is 6.20 Å². The van der Waals surface area contributed by atoms with Crippen LogP contribution in [0, 0.1) is 6.92 Å². The molecule has 0 unspecified atom stereocenters. The van der Waals surface area contributed by atoms with E-state index < -0.39 is 0 Å². The minimum absolute atomic E-state index is 0.371. The van der Waals surface area contributed by atoms with Gasteiger partial charge in [0.05, 0.1) is 29.5 Å². The minimum atomic E-state index is 0.371. The van der Waals surface area contributed by atoms with Gasteiger partial charge in [-0.15, -0.1) is 0 Å². The van der Waals surface area contributed by atoms with Gasteiger partial charge in [-0.1, -0.05) is 60.7 Å². The highest BCUT2D eigenvalue weighted by molar-refractivity contribution is 5.75. The van der Waals surface area contributed by atoms with E-state index >= 15 is 0 Å². The second-order valence-corrected chi connectivity index (χ2v) is 6.06. The third-order valence-electron chi connectivity index (χ3n) is 4.34. The van der Waals surface area contributed by atoms with E-state index in [-0.39, 0.29) is 0 Å². The molecule has 4 aromatic rings. The van der Waals surface area contributed by atoms with Crippen molar-refractivity contribution < 1.29 is 9.53 Å². The number of hydrogen-bond donors (Lipinski definition) is 0. The molecule has 4 rings (SSSR count). The van der Waals surface area contributed by atoms with Crippen molar-refractivity contribution in [1.29, 1.82) is 0 Å². The van der Waals surface area contributed by atoms with Crippen LogP contribution in [0.3, 0.4) is 0 Å². The molecule has 2 aromatic carbocycles. The van der Waals surface area contributed by atoms with Gasteiger partial charge >= 0.3 is 0 Å². The van der Waals surface area contributed by atoms with Gasteiger partial charge in [-0.05, 0) is 6.92 Å². The van der Waals surface area contributed by atoms with Crippen molar-refractivity contribution >= 4 is 6.47 Å². The smallest absolute Gasteiger partial charge is 0.298 e. The first-order valence-electron chi connectivity index (χ1n) is 8.54. The SMILES string of the molecule is Cc1c(-c2ccccc2)nn(-c2cncc(OC=O)c2)c1-c1ccccc1. The summed E-state index contributed by atoms with van der Waals surface area (Å²) in [4.78, 5) is 14.9. The summed E-state index contributed by atoms with van der Waals surface area (Å²) >= 11 is 0. The molecule has 0 atom stereocenters. The monoisotopic (exact) mass is 355 g/mol. The minimum Gasteiger partial charge on any atom is -0.427 e. The Hall–Kier alpha value is -3.73. The first-order chi connectivity index (χ1) is 13.3. The van der Waals surface area contributed by atoms with Crippen LogP contribution in [0.1, 0.15) is 5.56 Å². The van der Waals surface area contributed by atoms with Crippen molar-refractivity contribution in [3.8, 4) is 34.0 Å². The average Bonchev–Trinajstić information content (AvgIpc) is 3.07. The zero-order valence-electron chi connectivity index (χ0n) is 14.7. The summed E-state index contributed by atoms with van der Waals surface area (Å²) in [7, 11) is 0. The van der Waals surface area contributed by atoms with Crippen LogP contribution in [0.15, 0.2) is 79.1 Å². The molecular weight excluding hydrogens is 338 g/mol. The Balaban J connectivity index is 1.95. The summed E-state index contributed by atoms with van der Waals surface area (Å²) in [5.41, 5.74) is 5.74. The molecule has 0 saturated heterocycles. The fourth-order valence-corrected chi connectivity index (χ4v) is 3.13. The van der Waals surface area contributed by atoms with Crippen LogP contribution in [0.25, 0.3) is 28.2 Å². The Bertz CT molecular complexity index is 1070. The lowest BCUT2D eigenvalue weighted by Crippen LogP contribution is -2.01. The Labute approximate surface area is 156 Å². The Morgan fingerprint density at radius 3 is 2.26 bits per heavy atom. The maximum atomic E-state index is 10.7. The highest BCUT2D eigenvalue weighted by Gasteiger charge is 2.18. The van der Waals surface area contributed by atoms with Crippen LogP contribution in [0.5, 0.6) is 5.75 Å². The highest BCUT2D eigenvalue weighted by Crippen LogP contribution is 2.33. The lowest BCUT2D eigenvalue weighted by Gasteiger charge is -2.09. The van der Waals surface area contributed by atoms with E-state index in [4.69, 9.17) is 9.84 Å². The summed E-state index contributed by atoms with van der Waals surface area (Å²) in [6.45, 7) is 2.45. The molecule has 0 radical (unpaired) electrons. The third-order valence-corrected chi connectivity index (χ3v) is 4.34. The maximum Gasteiger partial charge on any atom is 0.298 e. The summed E-state index contributed by atoms with van der Waals surface area (Å²) < 4.78 is 6.80. The molecule has 0 N–H and O–H groups in total. The molecule has 5 nitrogen and oxygen atoms in total. The number of aromatic nitrogens is 3. The molecule has 0 aliphatic heterocycles. The number of ether oxygens (including phenoxy) is 1. The largest absolute Gasteiger partial charge is 0.427 e. The van der Waals surface area contributed by atoms with Gasteiger partial charge in [0.2, 0.25) is 0 Å². The van der Waals surface area contributed by atoms with Crippen LogP contribution >= 0.6 is 0 Å². The van der Waals surface area contributed by atoms with Gasteiger partial charge in [0.1, 0.15) is 0 Å². The summed E-state index contributed by atoms with van der Waals surface area (Å²) in [6.07, 6.45) is 3.19. The molecule has 0 amide bonds. The van der Waals surface area contributed by atoms with E-state index in [2.05, 4.69) is 24.0 Å². The Kier molecular flexibility index (Phi) is 4.49. The second-order valence-electron chi connectivity index (χ2n) is 6.06. The van der Waals surface area contributed by atoms with Crippen LogP contribution in [0.4, 0.5) is 0 Å². The van der Waals surface area contributed by atoms with Crippen molar-refractivity contribution in [2.24, 2.45) is 0 Å². The van der Waals surface area contributed by atoms with E-state index in [9.17, 15) is 4.79 Å². The topological polar surface area (TPSA) is 57.0 Å². The summed E-state index contributed by atoms with van der Waals surface area (Å²) in [5, 5.41) is 4.86. The standard InChI is InChI=1S/C22H17N3O2/c1-16-21(17-8-4-2-5-9-17)24-25(22(16)18-10-6-3-7-11-18)19-12-20(27-15-26)14-23-13-19/h2-15H,1H3. The quantitative estimate of drug-likeness (QED) is 0.497. The van der Waals surface area contributed by atoms with Gasteiger partial charge < -0.3 is 4.74 Å². The van der Waals surface area contributed by atoms with E-state index in [0.717, 1.165) is 33.8 Å². The Morgan fingerprint density at radius 2 is 1.59 bits per heavy atom. The predicted molar refractivity (Wildman–Crippen MR) is 104 cm³/mol. The summed E-state index contributed by atoms with van der Waals surface area (Å²) in [5.74, 6) is 0.371. The normalized spacial score (nSPS) is 10.6. The number of carbonyl (C=O) groups is 1. The van der Waals surface area contributed by atoms with Crippen molar-refractivity contribution in [2.45, 2.75) is 6.92 Å². The number of hydrogen-bond acceptors (Lipinski definition) is 4. The highest BCUT2D eigenvalue weighted by atomic mass is 16.5. The fraction of sp³-hybridized carbons (Fsp3) is 0.0455. The van der Waals surface area contributed by atoms with Gasteiger partial charge in [0.25, 0.3) is 6.47 Å². The van der Waals surface area contributed by atoms with Gasteiger partial charge in [0.15, 0.2) is 5.75 Å². The molecule has 0 saturated carbocycles. The summed E-state index contributed by atoms with van der Waals surface area (Å²) in [6, 6.07) is 21.9. The first-order valence-corrected chi connectivity index (χ1v) is 8.54. The number of carbonyl (C=O) groups excluding carboxylic acids is 1. The molecule has 0 aliphatic carbocycles. The number of nitrogens with zero attached hydrogens (tertiary/aromatic N) is 3. The van der Waals surface area contributed by atoms with Crippen molar-refractivity contribution in [1.82, 2.24) is 14.8 Å². The molecule has 5 heteroatoms. The molecule has 2 heterocycles. The lowest BCUT2D eigenvalue weighted by molar-refractivity contribution is -0.120. The van der Waals surface area contributed by atoms with Crippen molar-refractivity contribution in [2.75, 3.05) is 0 Å². The molecule has 2 aromatic heterocycles. The van der Waals surface area contributed by atoms with Crippen LogP contribution < -0.4 is 4.74 Å². The zero-order chi connectivity index (χ0) is 18.6. The van der Waals surface area contributed by atoms with Crippen LogP contribution in [-0.2, 0) is 4.79 Å². The lowest BCUT2D eigenvalue weighted by atomic mass is 10.0. The molecule has 0 fully saturated rings. The Morgan fingerprint density at radius 1 is 0.926 bits per heavy atom. The van der Waals surface area contributed by atoms with Crippen LogP contribution in [0.2, 0.25) is 0 Å². The molecule has 132 valence electrons. The number of benzene rings is 2. The number of rotatable bonds is 5. The van der Waals surface area contributed by atoms with Gasteiger partial charge in [0, 0.05) is 22.8 Å². The third kappa shape index (κ3) is 3.22. The van der Waals surface area contributed by atoms with Gasteiger partial charge in [-0.3, -0.25) is 9.78 Å². The maximum absolute atomic E-state index is 10.7. The van der Waals surface area contributed by atoms with Gasteiger partial charge in [-0.2, -0.15) is 5.10 Å². The second kappa shape index (κ2) is 7.25. The van der Waals surface area contributed by atoms with Crippen molar-refractivity contribution in [3.05, 3.63) is 84.7 Å². The fourth-order valence-electron chi connectivity index (χ4n) is 3.13. The van der Waals surface area contributed by atoms with E-state index in [1.54, 1.807) is 12.3 Å². The van der Waals surface area contributed by atoms with E-state index in [1.807, 2.05) is 53.2 Å². The molecule has 27 heavy (non-hydrogen) atoms. The van der Waals surface area contributed by atoms with Crippen molar-refractivity contribution in [3.63, 3.8) is 0 Å². The molecule has 0 aliphatic rings. The molecule has 0 bridgehead atoms.